The average Bonchev–Trinajstić information content (AvgIpc) is 2.55. The molecule has 1 aliphatic carbocycles. The van der Waals surface area contributed by atoms with E-state index in [2.05, 4.69) is 14.4 Å². The van der Waals surface area contributed by atoms with E-state index < -0.39 is 40.9 Å². The standard InChI is InChI=1S/C13H7Cl5N4O3S/c1-6-2-4-7(5-3-6)26(24,25)21-10-8(14)9(20-22-19)11(23)13(17,18)12(10,15)16/h2-5H,1H3. The first-order chi connectivity index (χ1) is 11.9. The van der Waals surface area contributed by atoms with Crippen molar-refractivity contribution in [3.8, 4) is 0 Å². The van der Waals surface area contributed by atoms with E-state index in [9.17, 15) is 13.2 Å². The van der Waals surface area contributed by atoms with Crippen molar-refractivity contribution in [1.29, 1.82) is 0 Å². The topological polar surface area (TPSA) is 112 Å². The van der Waals surface area contributed by atoms with E-state index in [1.165, 1.54) is 12.1 Å². The maximum atomic E-state index is 12.5. The molecule has 0 unspecified atom stereocenters. The molecule has 0 saturated carbocycles. The van der Waals surface area contributed by atoms with Crippen molar-refractivity contribution >= 4 is 79.5 Å². The molecule has 1 aromatic carbocycles. The van der Waals surface area contributed by atoms with Gasteiger partial charge >= 0.3 is 0 Å². The number of carbonyl (C=O) groups is 1. The van der Waals surface area contributed by atoms with Gasteiger partial charge < -0.3 is 0 Å². The number of rotatable bonds is 3. The van der Waals surface area contributed by atoms with Gasteiger partial charge in [0.1, 0.15) is 11.4 Å². The number of alkyl halides is 4. The van der Waals surface area contributed by atoms with Crippen molar-refractivity contribution in [2.24, 2.45) is 9.51 Å². The molecule has 0 atom stereocenters. The summed E-state index contributed by atoms with van der Waals surface area (Å²) < 4.78 is 23.4. The number of aryl methyl sites for hydroxylation is 1. The Morgan fingerprint density at radius 1 is 1.08 bits per heavy atom. The second-order valence-electron chi connectivity index (χ2n) is 5.06. The molecule has 13 heteroatoms. The number of benzene rings is 1. The molecule has 1 aromatic rings. The van der Waals surface area contributed by atoms with Crippen LogP contribution in [0, 0.1) is 6.92 Å². The van der Waals surface area contributed by atoms with Gasteiger partial charge in [0.15, 0.2) is 0 Å². The molecular weight excluding hydrogens is 470 g/mol. The van der Waals surface area contributed by atoms with Crippen molar-refractivity contribution in [3.05, 3.63) is 51.0 Å². The van der Waals surface area contributed by atoms with E-state index in [-0.39, 0.29) is 4.90 Å². The molecule has 0 N–H and O–H groups in total. The van der Waals surface area contributed by atoms with Gasteiger partial charge in [-0.3, -0.25) is 4.79 Å². The Bertz CT molecular complexity index is 993. The van der Waals surface area contributed by atoms with Crippen LogP contribution in [0.15, 0.2) is 49.4 Å². The third-order valence-electron chi connectivity index (χ3n) is 3.28. The fourth-order valence-corrected chi connectivity index (χ4v) is 4.32. The Balaban J connectivity index is 2.79. The lowest BCUT2D eigenvalue weighted by molar-refractivity contribution is -0.116. The second-order valence-corrected chi connectivity index (χ2v) is 9.69. The summed E-state index contributed by atoms with van der Waals surface area (Å²) in [5.74, 6) is -1.19. The monoisotopic (exact) mass is 474 g/mol. The molecule has 0 fully saturated rings. The summed E-state index contributed by atoms with van der Waals surface area (Å²) in [6.07, 6.45) is 0. The van der Waals surface area contributed by atoms with Gasteiger partial charge in [0.2, 0.25) is 14.4 Å². The van der Waals surface area contributed by atoms with Crippen LogP contribution in [0.2, 0.25) is 0 Å². The first-order valence-electron chi connectivity index (χ1n) is 6.54. The molecule has 1 aliphatic rings. The zero-order valence-corrected chi connectivity index (χ0v) is 17.2. The summed E-state index contributed by atoms with van der Waals surface area (Å²) in [5.41, 5.74) is 7.90. The fraction of sp³-hybridized carbons (Fsp3) is 0.231. The van der Waals surface area contributed by atoms with Crippen LogP contribution in [0.5, 0.6) is 0 Å². The van der Waals surface area contributed by atoms with Gasteiger partial charge in [0, 0.05) is 4.91 Å². The summed E-state index contributed by atoms with van der Waals surface area (Å²) in [7, 11) is -4.35. The highest BCUT2D eigenvalue weighted by atomic mass is 35.5. The first-order valence-corrected chi connectivity index (χ1v) is 9.87. The quantitative estimate of drug-likeness (QED) is 0.270. The molecule has 0 aliphatic heterocycles. The van der Waals surface area contributed by atoms with Crippen molar-refractivity contribution < 1.29 is 13.2 Å². The number of allylic oxidation sites excluding steroid dienone is 2. The number of Topliss-reactive ketones (excluding diaryl/α,β-unsaturated/α-hetero) is 1. The van der Waals surface area contributed by atoms with Gasteiger partial charge in [0.05, 0.1) is 9.93 Å². The van der Waals surface area contributed by atoms with E-state index in [0.29, 0.717) is 0 Å². The average molecular weight is 477 g/mol. The SMILES string of the molecule is Cc1ccc(S(=O)(=O)N=C2C(Cl)=C(N=[N+]=[N-])C(=O)C(Cl)(Cl)C2(Cl)Cl)cc1. The van der Waals surface area contributed by atoms with Crippen LogP contribution < -0.4 is 0 Å². The molecule has 0 radical (unpaired) electrons. The number of halogens is 5. The Kier molecular flexibility index (Phi) is 5.90. The van der Waals surface area contributed by atoms with Crippen LogP contribution in [0.4, 0.5) is 0 Å². The van der Waals surface area contributed by atoms with Gasteiger partial charge in [-0.05, 0) is 24.6 Å². The van der Waals surface area contributed by atoms with E-state index in [1.54, 1.807) is 19.1 Å². The molecule has 0 spiro atoms. The highest BCUT2D eigenvalue weighted by Crippen LogP contribution is 2.51. The summed E-state index contributed by atoms with van der Waals surface area (Å²) >= 11 is 29.8. The van der Waals surface area contributed by atoms with E-state index >= 15 is 0 Å². The number of carbonyl (C=O) groups excluding carboxylic acids is 1. The number of hydrogen-bond acceptors (Lipinski definition) is 4. The molecule has 138 valence electrons. The van der Waals surface area contributed by atoms with E-state index in [4.69, 9.17) is 63.5 Å². The number of nitrogens with zero attached hydrogens (tertiary/aromatic N) is 4. The van der Waals surface area contributed by atoms with Gasteiger partial charge in [-0.25, -0.2) is 0 Å². The smallest absolute Gasteiger partial charge is 0.282 e. The van der Waals surface area contributed by atoms with E-state index in [1.807, 2.05) is 0 Å². The maximum absolute atomic E-state index is 12.5. The minimum Gasteiger partial charge on any atom is -0.291 e. The largest absolute Gasteiger partial charge is 0.291 e. The summed E-state index contributed by atoms with van der Waals surface area (Å²) in [6.45, 7) is 1.76. The Morgan fingerprint density at radius 3 is 2.12 bits per heavy atom. The van der Waals surface area contributed by atoms with Crippen LogP contribution in [-0.2, 0) is 14.8 Å². The highest BCUT2D eigenvalue weighted by Gasteiger charge is 2.61. The number of ketones is 1. The van der Waals surface area contributed by atoms with Gasteiger partial charge in [0.25, 0.3) is 10.0 Å². The minimum absolute atomic E-state index is 0.193. The summed E-state index contributed by atoms with van der Waals surface area (Å²) in [4.78, 5) is 14.5. The number of hydrogen-bond donors (Lipinski definition) is 0. The van der Waals surface area contributed by atoms with Crippen LogP contribution in [0.1, 0.15) is 5.56 Å². The van der Waals surface area contributed by atoms with Crippen LogP contribution in [0.25, 0.3) is 10.4 Å². The highest BCUT2D eigenvalue weighted by molar-refractivity contribution is 7.90. The van der Waals surface area contributed by atoms with Crippen LogP contribution in [0.3, 0.4) is 0 Å². The van der Waals surface area contributed by atoms with Gasteiger partial charge in [-0.15, -0.1) is 0 Å². The normalized spacial score (nSPS) is 20.8. The summed E-state index contributed by atoms with van der Waals surface area (Å²) in [6, 6.07) is 5.69. The van der Waals surface area contributed by atoms with Crippen LogP contribution in [-0.4, -0.2) is 28.6 Å². The molecule has 7 nitrogen and oxygen atoms in total. The summed E-state index contributed by atoms with van der Waals surface area (Å²) in [5, 5.41) is 2.41. The van der Waals surface area contributed by atoms with Crippen LogP contribution >= 0.6 is 58.0 Å². The molecule has 0 aromatic heterocycles. The molecule has 2 rings (SSSR count). The van der Waals surface area contributed by atoms with Crippen molar-refractivity contribution in [2.75, 3.05) is 0 Å². The lowest BCUT2D eigenvalue weighted by Gasteiger charge is -2.36. The molecule has 0 heterocycles. The molecule has 0 amide bonds. The fourth-order valence-electron chi connectivity index (χ4n) is 1.90. The number of sulfonamides is 1. The minimum atomic E-state index is -4.35. The predicted octanol–water partition coefficient (Wildman–Crippen LogP) is 4.82. The zero-order chi connectivity index (χ0) is 19.9. The lowest BCUT2D eigenvalue weighted by Crippen LogP contribution is -2.53. The maximum Gasteiger partial charge on any atom is 0.282 e. The number of azide groups is 1. The third kappa shape index (κ3) is 3.55. The molecule has 26 heavy (non-hydrogen) atoms. The third-order valence-corrected chi connectivity index (χ3v) is 7.15. The van der Waals surface area contributed by atoms with Gasteiger partial charge in [-0.2, -0.15) is 12.8 Å². The first kappa shape index (κ1) is 21.3. The predicted molar refractivity (Wildman–Crippen MR) is 102 cm³/mol. The molecular formula is C13H7Cl5N4O3S. The van der Waals surface area contributed by atoms with Crippen molar-refractivity contribution in [3.63, 3.8) is 0 Å². The Morgan fingerprint density at radius 2 is 1.62 bits per heavy atom. The Labute approximate surface area is 173 Å². The molecule has 0 bridgehead atoms. The second kappa shape index (κ2) is 7.20. The Hall–Kier alpha value is -0.990. The van der Waals surface area contributed by atoms with Crippen molar-refractivity contribution in [1.82, 2.24) is 0 Å². The zero-order valence-electron chi connectivity index (χ0n) is 12.6. The van der Waals surface area contributed by atoms with E-state index in [0.717, 1.165) is 5.56 Å². The molecule has 0 saturated heterocycles. The van der Waals surface area contributed by atoms with Gasteiger partial charge in [-0.1, -0.05) is 80.8 Å². The lowest BCUT2D eigenvalue weighted by atomic mass is 9.99. The van der Waals surface area contributed by atoms with Crippen molar-refractivity contribution in [2.45, 2.75) is 20.5 Å².